The molecule has 0 fully saturated rings. The van der Waals surface area contributed by atoms with Crippen molar-refractivity contribution in [1.29, 1.82) is 0 Å². The molecule has 7 nitrogen and oxygen atoms in total. The van der Waals surface area contributed by atoms with Crippen LogP contribution in [0.2, 0.25) is 0 Å². The van der Waals surface area contributed by atoms with Gasteiger partial charge in [-0.25, -0.2) is 0 Å². The van der Waals surface area contributed by atoms with E-state index < -0.39 is 5.91 Å². The Balaban J connectivity index is 1.69. The van der Waals surface area contributed by atoms with Crippen LogP contribution in [0.4, 0.5) is 5.69 Å². The normalized spacial score (nSPS) is 10.2. The fraction of sp³-hybridized carbons (Fsp3) is 0.105. The van der Waals surface area contributed by atoms with Crippen LogP contribution in [0.3, 0.4) is 0 Å². The minimum absolute atomic E-state index is 0.126. The van der Waals surface area contributed by atoms with E-state index in [1.165, 1.54) is 31.7 Å². The van der Waals surface area contributed by atoms with Crippen LogP contribution in [0.5, 0.6) is 5.75 Å². The van der Waals surface area contributed by atoms with Gasteiger partial charge in [0, 0.05) is 11.8 Å². The van der Waals surface area contributed by atoms with Crippen LogP contribution in [-0.2, 0) is 6.54 Å². The number of furan rings is 1. The molecule has 0 saturated carbocycles. The first-order valence-corrected chi connectivity index (χ1v) is 7.88. The predicted molar refractivity (Wildman–Crippen MR) is 95.1 cm³/mol. The molecule has 132 valence electrons. The van der Waals surface area contributed by atoms with E-state index >= 15 is 0 Å². The van der Waals surface area contributed by atoms with Crippen LogP contribution in [0.25, 0.3) is 0 Å². The number of amides is 2. The average molecular weight is 351 g/mol. The van der Waals surface area contributed by atoms with Crippen LogP contribution in [0.1, 0.15) is 26.6 Å². The molecule has 3 aromatic rings. The van der Waals surface area contributed by atoms with Gasteiger partial charge in [-0.15, -0.1) is 0 Å². The number of hydrogen-bond acceptors (Lipinski definition) is 5. The Morgan fingerprint density at radius 1 is 1.12 bits per heavy atom. The summed E-state index contributed by atoms with van der Waals surface area (Å²) in [7, 11) is 1.52. The molecule has 0 radical (unpaired) electrons. The number of pyridine rings is 1. The Kier molecular flexibility index (Phi) is 5.28. The van der Waals surface area contributed by atoms with E-state index in [1.54, 1.807) is 36.4 Å². The summed E-state index contributed by atoms with van der Waals surface area (Å²) >= 11 is 0. The second kappa shape index (κ2) is 7.98. The maximum Gasteiger partial charge on any atom is 0.274 e. The number of benzene rings is 1. The fourth-order valence-corrected chi connectivity index (χ4v) is 2.31. The van der Waals surface area contributed by atoms with Gasteiger partial charge in [0.15, 0.2) is 0 Å². The molecular formula is C19H17N3O4. The van der Waals surface area contributed by atoms with Crippen LogP contribution >= 0.6 is 0 Å². The highest BCUT2D eigenvalue weighted by Gasteiger charge is 2.14. The Morgan fingerprint density at radius 3 is 2.73 bits per heavy atom. The second-order valence-corrected chi connectivity index (χ2v) is 5.35. The quantitative estimate of drug-likeness (QED) is 0.712. The van der Waals surface area contributed by atoms with E-state index in [0.717, 1.165) is 0 Å². The van der Waals surface area contributed by atoms with Gasteiger partial charge in [-0.3, -0.25) is 14.6 Å². The van der Waals surface area contributed by atoms with Crippen molar-refractivity contribution >= 4 is 17.5 Å². The van der Waals surface area contributed by atoms with Gasteiger partial charge in [0.1, 0.15) is 17.2 Å². The van der Waals surface area contributed by atoms with Gasteiger partial charge in [0.25, 0.3) is 11.8 Å². The molecule has 0 spiro atoms. The number of carbonyl (C=O) groups is 2. The van der Waals surface area contributed by atoms with Gasteiger partial charge >= 0.3 is 0 Å². The fourth-order valence-electron chi connectivity index (χ4n) is 2.31. The van der Waals surface area contributed by atoms with Crippen molar-refractivity contribution in [3.63, 3.8) is 0 Å². The number of hydrogen-bond donors (Lipinski definition) is 2. The molecule has 1 aromatic carbocycles. The lowest BCUT2D eigenvalue weighted by atomic mass is 10.2. The molecule has 2 amide bonds. The molecule has 26 heavy (non-hydrogen) atoms. The van der Waals surface area contributed by atoms with Crippen molar-refractivity contribution in [2.24, 2.45) is 0 Å². The summed E-state index contributed by atoms with van der Waals surface area (Å²) in [5, 5.41) is 5.45. The zero-order valence-corrected chi connectivity index (χ0v) is 14.1. The number of carbonyl (C=O) groups excluding carboxylic acids is 2. The highest BCUT2D eigenvalue weighted by atomic mass is 16.5. The summed E-state index contributed by atoms with van der Waals surface area (Å²) in [5.41, 5.74) is 0.979. The summed E-state index contributed by atoms with van der Waals surface area (Å²) < 4.78 is 10.4. The molecule has 2 heterocycles. The molecule has 7 heteroatoms. The van der Waals surface area contributed by atoms with E-state index in [4.69, 9.17) is 9.15 Å². The zero-order valence-electron chi connectivity index (χ0n) is 14.1. The van der Waals surface area contributed by atoms with Gasteiger partial charge < -0.3 is 19.8 Å². The maximum absolute atomic E-state index is 12.4. The van der Waals surface area contributed by atoms with Crippen LogP contribution in [0, 0.1) is 0 Å². The lowest BCUT2D eigenvalue weighted by Gasteiger charge is -2.10. The van der Waals surface area contributed by atoms with Crippen LogP contribution in [0.15, 0.2) is 65.4 Å². The Hall–Kier alpha value is -3.61. The minimum Gasteiger partial charge on any atom is -0.495 e. The summed E-state index contributed by atoms with van der Waals surface area (Å²) in [4.78, 5) is 28.7. The number of para-hydroxylation sites is 2. The van der Waals surface area contributed by atoms with Crippen molar-refractivity contribution in [2.75, 3.05) is 12.4 Å². The van der Waals surface area contributed by atoms with Crippen molar-refractivity contribution in [3.05, 3.63) is 78.0 Å². The lowest BCUT2D eigenvalue weighted by molar-refractivity contribution is 0.0948. The monoisotopic (exact) mass is 351 g/mol. The van der Waals surface area contributed by atoms with Gasteiger partial charge in [-0.1, -0.05) is 12.1 Å². The summed E-state index contributed by atoms with van der Waals surface area (Å²) in [6, 6.07) is 13.5. The standard InChI is InChI=1S/C19H17N3O4/c1-25-17-7-3-2-6-15(17)22-19(24)16-11-13(8-9-20-16)18(23)21-12-14-5-4-10-26-14/h2-11H,12H2,1H3,(H,21,23)(H,22,24). The SMILES string of the molecule is COc1ccccc1NC(=O)c1cc(C(=O)NCc2ccco2)ccn1. The molecule has 2 aromatic heterocycles. The van der Waals surface area contributed by atoms with Gasteiger partial charge in [-0.2, -0.15) is 0 Å². The molecule has 0 aliphatic heterocycles. The van der Waals surface area contributed by atoms with E-state index in [-0.39, 0.29) is 18.1 Å². The third kappa shape index (κ3) is 4.07. The number of methoxy groups -OCH3 is 1. The third-order valence-corrected chi connectivity index (χ3v) is 3.61. The Bertz CT molecular complexity index is 907. The number of ether oxygens (including phenoxy) is 1. The summed E-state index contributed by atoms with van der Waals surface area (Å²) in [5.74, 6) is 0.417. The van der Waals surface area contributed by atoms with Crippen molar-refractivity contribution in [3.8, 4) is 5.75 Å². The van der Waals surface area contributed by atoms with Gasteiger partial charge in [-0.05, 0) is 36.4 Å². The highest BCUT2D eigenvalue weighted by Crippen LogP contribution is 2.23. The number of nitrogens with zero attached hydrogens (tertiary/aromatic N) is 1. The van der Waals surface area contributed by atoms with Gasteiger partial charge in [0.05, 0.1) is 25.6 Å². The Labute approximate surface area is 150 Å². The second-order valence-electron chi connectivity index (χ2n) is 5.35. The predicted octanol–water partition coefficient (Wildman–Crippen LogP) is 2.87. The number of anilines is 1. The molecule has 0 unspecified atom stereocenters. The first-order chi connectivity index (χ1) is 12.7. The lowest BCUT2D eigenvalue weighted by Crippen LogP contribution is -2.23. The smallest absolute Gasteiger partial charge is 0.274 e. The minimum atomic E-state index is -0.435. The van der Waals surface area contributed by atoms with Gasteiger partial charge in [0.2, 0.25) is 0 Å². The van der Waals surface area contributed by atoms with E-state index in [9.17, 15) is 9.59 Å². The van der Waals surface area contributed by atoms with E-state index in [0.29, 0.717) is 22.8 Å². The molecule has 0 atom stereocenters. The highest BCUT2D eigenvalue weighted by molar-refractivity contribution is 6.05. The molecule has 0 aliphatic carbocycles. The average Bonchev–Trinajstić information content (AvgIpc) is 3.20. The molecular weight excluding hydrogens is 334 g/mol. The summed E-state index contributed by atoms with van der Waals surface area (Å²) in [6.07, 6.45) is 2.95. The first-order valence-electron chi connectivity index (χ1n) is 7.88. The zero-order chi connectivity index (χ0) is 18.4. The van der Waals surface area contributed by atoms with Crippen molar-refractivity contribution < 1.29 is 18.7 Å². The molecule has 3 rings (SSSR count). The summed E-state index contributed by atoms with van der Waals surface area (Å²) in [6.45, 7) is 0.261. The largest absolute Gasteiger partial charge is 0.495 e. The third-order valence-electron chi connectivity index (χ3n) is 3.61. The van der Waals surface area contributed by atoms with Crippen LogP contribution < -0.4 is 15.4 Å². The van der Waals surface area contributed by atoms with Crippen LogP contribution in [-0.4, -0.2) is 23.9 Å². The van der Waals surface area contributed by atoms with E-state index in [1.807, 2.05) is 0 Å². The molecule has 0 saturated heterocycles. The van der Waals surface area contributed by atoms with Crippen molar-refractivity contribution in [1.82, 2.24) is 10.3 Å². The Morgan fingerprint density at radius 2 is 1.96 bits per heavy atom. The molecule has 2 N–H and O–H groups in total. The van der Waals surface area contributed by atoms with E-state index in [2.05, 4.69) is 15.6 Å². The molecule has 0 bridgehead atoms. The first kappa shape index (κ1) is 17.2. The number of aromatic nitrogens is 1. The topological polar surface area (TPSA) is 93.5 Å². The van der Waals surface area contributed by atoms with Crippen molar-refractivity contribution in [2.45, 2.75) is 6.54 Å². The molecule has 0 aliphatic rings. The maximum atomic E-state index is 12.4. The number of nitrogens with one attached hydrogen (secondary N) is 2. The number of rotatable bonds is 6.